The number of hydrogen-bond acceptors (Lipinski definition) is 7. The summed E-state index contributed by atoms with van der Waals surface area (Å²) in [4.78, 5) is 11.8. The Morgan fingerprint density at radius 3 is 2.57 bits per heavy atom. The van der Waals surface area contributed by atoms with Gasteiger partial charge in [-0.05, 0) is 45.1 Å². The quantitative estimate of drug-likeness (QED) is 0.741. The molecule has 0 spiro atoms. The van der Waals surface area contributed by atoms with Crippen molar-refractivity contribution in [3.05, 3.63) is 0 Å². The normalized spacial score (nSPS) is 15.8. The van der Waals surface area contributed by atoms with Crippen LogP contribution in [0.4, 0.5) is 10.8 Å². The zero-order valence-electron chi connectivity index (χ0n) is 12.3. The third-order valence-corrected chi connectivity index (χ3v) is 6.13. The number of anilines is 2. The lowest BCUT2D eigenvalue weighted by Gasteiger charge is -2.20. The molecule has 1 aliphatic carbocycles. The highest BCUT2D eigenvalue weighted by atomic mass is 32.2. The molecule has 1 amide bonds. The number of carbonyl (C=O) groups is 1. The molecule has 118 valence electrons. The average Bonchev–Trinajstić information content (AvgIpc) is 3.09. The van der Waals surface area contributed by atoms with Crippen molar-refractivity contribution >= 4 is 38.1 Å². The van der Waals surface area contributed by atoms with Crippen molar-refractivity contribution in [2.24, 2.45) is 0 Å². The lowest BCUT2D eigenvalue weighted by Crippen LogP contribution is -2.43. The van der Waals surface area contributed by atoms with E-state index in [1.807, 2.05) is 20.8 Å². The Hall–Kier alpha value is -1.35. The van der Waals surface area contributed by atoms with Crippen LogP contribution in [0.25, 0.3) is 0 Å². The van der Waals surface area contributed by atoms with Gasteiger partial charge in [-0.2, -0.15) is 4.37 Å². The fourth-order valence-electron chi connectivity index (χ4n) is 1.85. The molecule has 0 radical (unpaired) electrons. The first kappa shape index (κ1) is 16.0. The molecule has 0 saturated heterocycles. The summed E-state index contributed by atoms with van der Waals surface area (Å²) in [5.41, 5.74) is 5.34. The molecular weight excluding hydrogens is 312 g/mol. The van der Waals surface area contributed by atoms with E-state index in [1.54, 1.807) is 0 Å². The van der Waals surface area contributed by atoms with E-state index >= 15 is 0 Å². The van der Waals surface area contributed by atoms with E-state index in [1.165, 1.54) is 0 Å². The lowest BCUT2D eigenvalue weighted by atomic mass is 10.1. The Morgan fingerprint density at radius 2 is 2.05 bits per heavy atom. The monoisotopic (exact) mass is 332 g/mol. The Labute approximate surface area is 128 Å². The van der Waals surface area contributed by atoms with Crippen LogP contribution in [0.5, 0.6) is 0 Å². The Morgan fingerprint density at radius 1 is 1.43 bits per heavy atom. The number of sulfone groups is 1. The van der Waals surface area contributed by atoms with Crippen LogP contribution in [-0.4, -0.2) is 36.0 Å². The van der Waals surface area contributed by atoms with Gasteiger partial charge in [0.2, 0.25) is 5.91 Å². The van der Waals surface area contributed by atoms with E-state index in [2.05, 4.69) is 15.0 Å². The van der Waals surface area contributed by atoms with Crippen LogP contribution in [-0.2, 0) is 14.6 Å². The van der Waals surface area contributed by atoms with Crippen molar-refractivity contribution < 1.29 is 13.2 Å². The molecule has 21 heavy (non-hydrogen) atoms. The number of nitrogen functional groups attached to an aromatic ring is 1. The number of nitrogens with one attached hydrogen (secondary N) is 2. The van der Waals surface area contributed by atoms with Crippen LogP contribution in [0.2, 0.25) is 0 Å². The summed E-state index contributed by atoms with van der Waals surface area (Å²) < 4.78 is 28.5. The Kier molecular flexibility index (Phi) is 4.16. The van der Waals surface area contributed by atoms with Crippen LogP contribution in [0, 0.1) is 0 Å². The van der Waals surface area contributed by atoms with Gasteiger partial charge in [-0.1, -0.05) is 0 Å². The van der Waals surface area contributed by atoms with E-state index in [4.69, 9.17) is 5.73 Å². The first-order chi connectivity index (χ1) is 9.61. The highest BCUT2D eigenvalue weighted by Gasteiger charge is 2.40. The van der Waals surface area contributed by atoms with Crippen LogP contribution in [0.1, 0.15) is 33.6 Å². The number of carbonyl (C=O) groups excluding carboxylic acids is 1. The second-order valence-corrected chi connectivity index (χ2v) is 9.06. The van der Waals surface area contributed by atoms with Crippen molar-refractivity contribution in [3.63, 3.8) is 0 Å². The third-order valence-electron chi connectivity index (χ3n) is 2.85. The van der Waals surface area contributed by atoms with Gasteiger partial charge in [-0.25, -0.2) is 8.42 Å². The molecule has 0 atom stereocenters. The van der Waals surface area contributed by atoms with Crippen LogP contribution in [0.3, 0.4) is 0 Å². The molecule has 4 N–H and O–H groups in total. The minimum Gasteiger partial charge on any atom is -0.382 e. The second-order valence-electron chi connectivity index (χ2n) is 6.12. The van der Waals surface area contributed by atoms with Gasteiger partial charge >= 0.3 is 0 Å². The molecular formula is C12H20N4O3S2. The molecule has 0 unspecified atom stereocenters. The van der Waals surface area contributed by atoms with E-state index in [0.29, 0.717) is 17.8 Å². The molecule has 1 fully saturated rings. The van der Waals surface area contributed by atoms with Gasteiger partial charge in [0, 0.05) is 5.54 Å². The minimum atomic E-state index is -3.44. The first-order valence-corrected chi connectivity index (χ1v) is 8.97. The third kappa shape index (κ3) is 3.85. The SMILES string of the molecule is CC(C)(C)NC(=O)CNc1snc(N)c1S(=O)(=O)C1CC1. The average molecular weight is 332 g/mol. The molecule has 9 heteroatoms. The van der Waals surface area contributed by atoms with E-state index in [9.17, 15) is 13.2 Å². The number of hydrogen-bond donors (Lipinski definition) is 3. The summed E-state index contributed by atoms with van der Waals surface area (Å²) in [6.45, 7) is 5.60. The molecule has 0 bridgehead atoms. The molecule has 1 aromatic heterocycles. The van der Waals surface area contributed by atoms with E-state index < -0.39 is 9.84 Å². The topological polar surface area (TPSA) is 114 Å². The summed E-state index contributed by atoms with van der Waals surface area (Å²) in [5, 5.41) is 5.60. The molecule has 1 saturated carbocycles. The number of aromatic nitrogens is 1. The maximum absolute atomic E-state index is 12.3. The summed E-state index contributed by atoms with van der Waals surface area (Å²) in [6.07, 6.45) is 1.31. The highest BCUT2D eigenvalue weighted by Crippen LogP contribution is 2.40. The Balaban J connectivity index is 2.10. The van der Waals surface area contributed by atoms with Gasteiger partial charge in [0.25, 0.3) is 0 Å². The fourth-order valence-corrected chi connectivity index (χ4v) is 4.73. The molecule has 1 aliphatic rings. The number of nitrogens with two attached hydrogens (primary N) is 1. The fraction of sp³-hybridized carbons (Fsp3) is 0.667. The minimum absolute atomic E-state index is 0.00521. The molecule has 1 heterocycles. The number of rotatable bonds is 5. The zero-order chi connectivity index (χ0) is 15.8. The molecule has 7 nitrogen and oxygen atoms in total. The van der Waals surface area contributed by atoms with Gasteiger partial charge in [0.05, 0.1) is 11.8 Å². The van der Waals surface area contributed by atoms with Crippen LogP contribution >= 0.6 is 11.5 Å². The van der Waals surface area contributed by atoms with E-state index in [-0.39, 0.29) is 34.0 Å². The molecule has 1 aromatic rings. The summed E-state index contributed by atoms with van der Waals surface area (Å²) >= 11 is 0.963. The first-order valence-electron chi connectivity index (χ1n) is 6.65. The summed E-state index contributed by atoms with van der Waals surface area (Å²) in [7, 11) is -3.44. The van der Waals surface area contributed by atoms with Gasteiger partial charge < -0.3 is 16.4 Å². The van der Waals surface area contributed by atoms with E-state index in [0.717, 1.165) is 11.5 Å². The van der Waals surface area contributed by atoms with Gasteiger partial charge in [0.1, 0.15) is 9.90 Å². The van der Waals surface area contributed by atoms with Crippen molar-refractivity contribution in [3.8, 4) is 0 Å². The van der Waals surface area contributed by atoms with Crippen molar-refractivity contribution in [2.45, 2.75) is 49.3 Å². The van der Waals surface area contributed by atoms with Crippen molar-refractivity contribution in [1.82, 2.24) is 9.69 Å². The van der Waals surface area contributed by atoms with Gasteiger partial charge in [0.15, 0.2) is 15.7 Å². The van der Waals surface area contributed by atoms with Crippen LogP contribution < -0.4 is 16.4 Å². The van der Waals surface area contributed by atoms with Gasteiger partial charge in [-0.15, -0.1) is 0 Å². The summed E-state index contributed by atoms with van der Waals surface area (Å²) in [6, 6.07) is 0. The number of amides is 1. The highest BCUT2D eigenvalue weighted by molar-refractivity contribution is 7.92. The Bertz CT molecular complexity index is 642. The smallest absolute Gasteiger partial charge is 0.239 e. The predicted molar refractivity (Wildman–Crippen MR) is 83.1 cm³/mol. The summed E-state index contributed by atoms with van der Waals surface area (Å²) in [5.74, 6) is -0.213. The molecule has 0 aromatic carbocycles. The predicted octanol–water partition coefficient (Wildman–Crippen LogP) is 0.988. The maximum Gasteiger partial charge on any atom is 0.239 e. The second kappa shape index (κ2) is 5.45. The maximum atomic E-state index is 12.3. The largest absolute Gasteiger partial charge is 0.382 e. The van der Waals surface area contributed by atoms with Crippen LogP contribution in [0.15, 0.2) is 4.90 Å². The zero-order valence-corrected chi connectivity index (χ0v) is 13.9. The van der Waals surface area contributed by atoms with Crippen molar-refractivity contribution in [2.75, 3.05) is 17.6 Å². The lowest BCUT2D eigenvalue weighted by molar-refractivity contribution is -0.120. The standard InChI is InChI=1S/C12H20N4O3S2/c1-12(2,3)15-8(17)6-14-11-9(10(13)16-20-11)21(18,19)7-4-5-7/h7,14H,4-6H2,1-3H3,(H2,13,16)(H,15,17). The molecule has 2 rings (SSSR count). The molecule has 0 aliphatic heterocycles. The van der Waals surface area contributed by atoms with Crippen molar-refractivity contribution in [1.29, 1.82) is 0 Å². The van der Waals surface area contributed by atoms with Gasteiger partial charge in [-0.3, -0.25) is 4.79 Å². The number of nitrogens with zero attached hydrogens (tertiary/aromatic N) is 1.